The Labute approximate surface area is 117 Å². The van der Waals surface area contributed by atoms with Gasteiger partial charge in [0.25, 0.3) is 0 Å². The van der Waals surface area contributed by atoms with Crippen LogP contribution in [-0.4, -0.2) is 11.1 Å². The standard InChI is InChI=1S/C16H17NO3/c17-15-3-1-2-14(8-15)9-16(19)20-11-13-6-4-12(10-18)5-7-13/h1-8,18H,9-11,17H2. The van der Waals surface area contributed by atoms with Crippen LogP contribution in [0.25, 0.3) is 0 Å². The largest absolute Gasteiger partial charge is 0.461 e. The first-order valence-corrected chi connectivity index (χ1v) is 6.36. The third kappa shape index (κ3) is 4.10. The van der Waals surface area contributed by atoms with Gasteiger partial charge in [0, 0.05) is 5.69 Å². The van der Waals surface area contributed by atoms with E-state index in [1.807, 2.05) is 24.3 Å². The van der Waals surface area contributed by atoms with Crippen molar-refractivity contribution in [2.75, 3.05) is 5.73 Å². The van der Waals surface area contributed by atoms with Crippen LogP contribution in [0.4, 0.5) is 5.69 Å². The van der Waals surface area contributed by atoms with Crippen LogP contribution in [0.1, 0.15) is 16.7 Å². The Hall–Kier alpha value is -2.33. The number of anilines is 1. The Morgan fingerprint density at radius 3 is 2.40 bits per heavy atom. The van der Waals surface area contributed by atoms with Crippen molar-refractivity contribution in [2.24, 2.45) is 0 Å². The minimum Gasteiger partial charge on any atom is -0.461 e. The molecule has 3 N–H and O–H groups in total. The predicted molar refractivity (Wildman–Crippen MR) is 76.7 cm³/mol. The summed E-state index contributed by atoms with van der Waals surface area (Å²) in [6.45, 7) is 0.238. The molecule has 0 heterocycles. The van der Waals surface area contributed by atoms with E-state index in [1.54, 1.807) is 24.3 Å². The van der Waals surface area contributed by atoms with Crippen molar-refractivity contribution in [2.45, 2.75) is 19.6 Å². The van der Waals surface area contributed by atoms with Gasteiger partial charge in [0.2, 0.25) is 0 Å². The Morgan fingerprint density at radius 2 is 1.75 bits per heavy atom. The molecule has 104 valence electrons. The number of benzene rings is 2. The van der Waals surface area contributed by atoms with Gasteiger partial charge in [-0.25, -0.2) is 0 Å². The van der Waals surface area contributed by atoms with Crippen molar-refractivity contribution in [3.63, 3.8) is 0 Å². The van der Waals surface area contributed by atoms with Gasteiger partial charge < -0.3 is 15.6 Å². The van der Waals surface area contributed by atoms with Crippen LogP contribution in [-0.2, 0) is 29.2 Å². The number of carbonyl (C=O) groups is 1. The smallest absolute Gasteiger partial charge is 0.310 e. The average Bonchev–Trinajstić information content (AvgIpc) is 2.46. The van der Waals surface area contributed by atoms with E-state index >= 15 is 0 Å². The highest BCUT2D eigenvalue weighted by Crippen LogP contribution is 2.09. The van der Waals surface area contributed by atoms with Crippen LogP contribution >= 0.6 is 0 Å². The van der Waals surface area contributed by atoms with Gasteiger partial charge in [0.1, 0.15) is 6.61 Å². The second kappa shape index (κ2) is 6.73. The van der Waals surface area contributed by atoms with Crippen molar-refractivity contribution in [1.29, 1.82) is 0 Å². The Bertz CT molecular complexity index is 579. The topological polar surface area (TPSA) is 72.6 Å². The van der Waals surface area contributed by atoms with Crippen LogP contribution < -0.4 is 5.73 Å². The molecule has 0 bridgehead atoms. The summed E-state index contributed by atoms with van der Waals surface area (Å²) in [5.74, 6) is -0.290. The van der Waals surface area contributed by atoms with Crippen molar-refractivity contribution < 1.29 is 14.6 Å². The molecule has 4 heteroatoms. The molecule has 0 aromatic heterocycles. The molecule has 0 aliphatic rings. The molecular formula is C16H17NO3. The molecular weight excluding hydrogens is 254 g/mol. The number of carbonyl (C=O) groups excluding carboxylic acids is 1. The van der Waals surface area contributed by atoms with Gasteiger partial charge in [-0.1, -0.05) is 36.4 Å². The van der Waals surface area contributed by atoms with Gasteiger partial charge in [-0.3, -0.25) is 4.79 Å². The fourth-order valence-corrected chi connectivity index (χ4v) is 1.83. The molecule has 0 amide bonds. The molecule has 0 unspecified atom stereocenters. The molecule has 0 fully saturated rings. The van der Waals surface area contributed by atoms with Crippen molar-refractivity contribution in [3.8, 4) is 0 Å². The maximum Gasteiger partial charge on any atom is 0.310 e. The summed E-state index contributed by atoms with van der Waals surface area (Å²) in [6, 6.07) is 14.5. The molecule has 0 atom stereocenters. The first-order valence-electron chi connectivity index (χ1n) is 6.36. The number of hydrogen-bond donors (Lipinski definition) is 2. The number of ether oxygens (including phenoxy) is 1. The fourth-order valence-electron chi connectivity index (χ4n) is 1.83. The summed E-state index contributed by atoms with van der Waals surface area (Å²) in [4.78, 5) is 11.7. The minimum atomic E-state index is -0.290. The zero-order valence-electron chi connectivity index (χ0n) is 11.1. The van der Waals surface area contributed by atoms with E-state index in [1.165, 1.54) is 0 Å². The number of nitrogen functional groups attached to an aromatic ring is 1. The number of esters is 1. The Balaban J connectivity index is 1.85. The minimum absolute atomic E-state index is 0.00942. The molecule has 0 spiro atoms. The molecule has 0 saturated heterocycles. The summed E-state index contributed by atoms with van der Waals surface area (Å²) in [7, 11) is 0. The van der Waals surface area contributed by atoms with Crippen LogP contribution in [0.15, 0.2) is 48.5 Å². The lowest BCUT2D eigenvalue weighted by atomic mass is 10.1. The van der Waals surface area contributed by atoms with Crippen LogP contribution in [0.3, 0.4) is 0 Å². The number of aliphatic hydroxyl groups is 1. The molecule has 0 aliphatic carbocycles. The van der Waals surface area contributed by atoms with Gasteiger partial charge in [-0.05, 0) is 28.8 Å². The lowest BCUT2D eigenvalue weighted by Gasteiger charge is -2.06. The zero-order valence-corrected chi connectivity index (χ0v) is 11.1. The quantitative estimate of drug-likeness (QED) is 0.645. The number of hydrogen-bond acceptors (Lipinski definition) is 4. The molecule has 4 nitrogen and oxygen atoms in total. The van der Waals surface area contributed by atoms with E-state index < -0.39 is 0 Å². The number of aliphatic hydroxyl groups excluding tert-OH is 1. The molecule has 20 heavy (non-hydrogen) atoms. The summed E-state index contributed by atoms with van der Waals surface area (Å²) in [6.07, 6.45) is 0.208. The lowest BCUT2D eigenvalue weighted by Crippen LogP contribution is -2.08. The molecule has 0 saturated carbocycles. The highest BCUT2D eigenvalue weighted by atomic mass is 16.5. The molecule has 2 rings (SSSR count). The molecule has 2 aromatic carbocycles. The fraction of sp³-hybridized carbons (Fsp3) is 0.188. The van der Waals surface area contributed by atoms with Crippen molar-refractivity contribution in [3.05, 3.63) is 65.2 Å². The van der Waals surface area contributed by atoms with E-state index in [4.69, 9.17) is 15.6 Å². The monoisotopic (exact) mass is 271 g/mol. The van der Waals surface area contributed by atoms with Gasteiger partial charge >= 0.3 is 5.97 Å². The van der Waals surface area contributed by atoms with E-state index in [0.717, 1.165) is 16.7 Å². The average molecular weight is 271 g/mol. The number of rotatable bonds is 5. The Morgan fingerprint density at radius 1 is 1.05 bits per heavy atom. The second-order valence-electron chi connectivity index (χ2n) is 4.56. The van der Waals surface area contributed by atoms with Crippen molar-refractivity contribution >= 4 is 11.7 Å². The summed E-state index contributed by atoms with van der Waals surface area (Å²) >= 11 is 0. The Kier molecular flexibility index (Phi) is 4.74. The highest BCUT2D eigenvalue weighted by Gasteiger charge is 2.05. The van der Waals surface area contributed by atoms with E-state index in [0.29, 0.717) is 5.69 Å². The van der Waals surface area contributed by atoms with Crippen LogP contribution in [0.5, 0.6) is 0 Å². The summed E-state index contributed by atoms with van der Waals surface area (Å²) in [5.41, 5.74) is 8.85. The van der Waals surface area contributed by atoms with E-state index in [9.17, 15) is 4.79 Å². The zero-order chi connectivity index (χ0) is 14.4. The van der Waals surface area contributed by atoms with Crippen LogP contribution in [0.2, 0.25) is 0 Å². The van der Waals surface area contributed by atoms with E-state index in [2.05, 4.69) is 0 Å². The van der Waals surface area contributed by atoms with Gasteiger partial charge in [-0.15, -0.1) is 0 Å². The van der Waals surface area contributed by atoms with Gasteiger partial charge in [0.15, 0.2) is 0 Å². The molecule has 2 aromatic rings. The first kappa shape index (κ1) is 14.1. The normalized spacial score (nSPS) is 10.2. The van der Waals surface area contributed by atoms with Gasteiger partial charge in [0.05, 0.1) is 13.0 Å². The third-order valence-corrected chi connectivity index (χ3v) is 2.90. The highest BCUT2D eigenvalue weighted by molar-refractivity contribution is 5.73. The number of nitrogens with two attached hydrogens (primary N) is 1. The maximum atomic E-state index is 11.7. The molecule has 0 aliphatic heterocycles. The summed E-state index contributed by atoms with van der Waals surface area (Å²) in [5, 5.41) is 8.94. The van der Waals surface area contributed by atoms with Crippen LogP contribution in [0, 0.1) is 0 Å². The SMILES string of the molecule is Nc1cccc(CC(=O)OCc2ccc(CO)cc2)c1. The first-order chi connectivity index (χ1) is 9.67. The maximum absolute atomic E-state index is 11.7. The summed E-state index contributed by atoms with van der Waals surface area (Å²) < 4.78 is 5.20. The van der Waals surface area contributed by atoms with Crippen molar-refractivity contribution in [1.82, 2.24) is 0 Å². The lowest BCUT2D eigenvalue weighted by molar-refractivity contribution is -0.144. The third-order valence-electron chi connectivity index (χ3n) is 2.90. The molecule has 0 radical (unpaired) electrons. The van der Waals surface area contributed by atoms with Gasteiger partial charge in [-0.2, -0.15) is 0 Å². The van der Waals surface area contributed by atoms with E-state index in [-0.39, 0.29) is 25.6 Å². The predicted octanol–water partition coefficient (Wildman–Crippen LogP) is 2.05. The second-order valence-corrected chi connectivity index (χ2v) is 4.56.